The van der Waals surface area contributed by atoms with Crippen LogP contribution in [-0.4, -0.2) is 4.98 Å². The Morgan fingerprint density at radius 2 is 1.65 bits per heavy atom. The molecule has 1 heterocycles. The minimum Gasteiger partial charge on any atom is -0.256 e. The van der Waals surface area contributed by atoms with Crippen LogP contribution in [0, 0.1) is 10.4 Å². The fourth-order valence-electron chi connectivity index (χ4n) is 3.28. The molecule has 1 heteroatoms. The first-order chi connectivity index (χ1) is 9.90. The Morgan fingerprint density at radius 1 is 0.700 bits per heavy atom. The van der Waals surface area contributed by atoms with E-state index in [1.165, 1.54) is 37.6 Å². The molecule has 0 fully saturated rings. The SMILES string of the molecule is C1=c2cc3c(cc2-c2cccnc21)=c1ccccc1=C3. The van der Waals surface area contributed by atoms with Crippen molar-refractivity contribution < 1.29 is 0 Å². The first-order valence-electron chi connectivity index (χ1n) is 6.82. The summed E-state index contributed by atoms with van der Waals surface area (Å²) in [6.45, 7) is 0. The van der Waals surface area contributed by atoms with Crippen LogP contribution in [0.25, 0.3) is 23.3 Å². The summed E-state index contributed by atoms with van der Waals surface area (Å²) in [5.74, 6) is 0. The Morgan fingerprint density at radius 3 is 2.65 bits per heavy atom. The summed E-state index contributed by atoms with van der Waals surface area (Å²) >= 11 is 0. The third-order valence-electron chi connectivity index (χ3n) is 4.20. The minimum absolute atomic E-state index is 1.08. The monoisotopic (exact) mass is 253 g/mol. The lowest BCUT2D eigenvalue weighted by Gasteiger charge is -2.00. The van der Waals surface area contributed by atoms with Crippen molar-refractivity contribution in [2.45, 2.75) is 0 Å². The van der Waals surface area contributed by atoms with Crippen LogP contribution >= 0.6 is 0 Å². The average Bonchev–Trinajstić information content (AvgIpc) is 3.02. The largest absolute Gasteiger partial charge is 0.256 e. The lowest BCUT2D eigenvalue weighted by Crippen LogP contribution is -2.01. The van der Waals surface area contributed by atoms with Gasteiger partial charge in [0.2, 0.25) is 0 Å². The molecular formula is C19H11N. The van der Waals surface area contributed by atoms with Crippen molar-refractivity contribution in [1.82, 2.24) is 4.98 Å². The van der Waals surface area contributed by atoms with Crippen LogP contribution in [0.3, 0.4) is 0 Å². The van der Waals surface area contributed by atoms with Gasteiger partial charge >= 0.3 is 0 Å². The molecule has 0 saturated heterocycles. The number of fused-ring (bicyclic) bond motifs is 5. The number of pyridine rings is 1. The van der Waals surface area contributed by atoms with Gasteiger partial charge in [0.05, 0.1) is 5.69 Å². The predicted octanol–water partition coefficient (Wildman–Crippen LogP) is 2.32. The average molecular weight is 253 g/mol. The van der Waals surface area contributed by atoms with E-state index in [0.717, 1.165) is 5.69 Å². The van der Waals surface area contributed by atoms with Crippen molar-refractivity contribution in [2.24, 2.45) is 0 Å². The van der Waals surface area contributed by atoms with Crippen LogP contribution in [0.4, 0.5) is 0 Å². The quantitative estimate of drug-likeness (QED) is 0.413. The second-order valence-corrected chi connectivity index (χ2v) is 5.34. The molecule has 0 aliphatic heterocycles. The van der Waals surface area contributed by atoms with E-state index in [4.69, 9.17) is 0 Å². The van der Waals surface area contributed by atoms with Gasteiger partial charge in [-0.2, -0.15) is 0 Å². The normalized spacial score (nSPS) is 12.8. The third kappa shape index (κ3) is 1.19. The molecule has 2 aromatic carbocycles. The molecule has 0 radical (unpaired) electrons. The zero-order chi connectivity index (χ0) is 13.1. The van der Waals surface area contributed by atoms with E-state index in [2.05, 4.69) is 59.6 Å². The van der Waals surface area contributed by atoms with E-state index in [9.17, 15) is 0 Å². The first kappa shape index (κ1) is 10.2. The maximum absolute atomic E-state index is 4.46. The molecule has 5 rings (SSSR count). The first-order valence-corrected chi connectivity index (χ1v) is 6.82. The zero-order valence-corrected chi connectivity index (χ0v) is 10.8. The highest BCUT2D eigenvalue weighted by atomic mass is 14.7. The zero-order valence-electron chi connectivity index (χ0n) is 10.8. The second-order valence-electron chi connectivity index (χ2n) is 5.34. The molecule has 0 saturated carbocycles. The van der Waals surface area contributed by atoms with E-state index < -0.39 is 0 Å². The Labute approximate surface area is 115 Å². The Bertz CT molecular complexity index is 1090. The summed E-state index contributed by atoms with van der Waals surface area (Å²) in [5, 5.41) is 5.27. The Hall–Kier alpha value is -2.67. The van der Waals surface area contributed by atoms with Crippen molar-refractivity contribution in [2.75, 3.05) is 0 Å². The molecule has 1 aromatic heterocycles. The Balaban J connectivity index is 1.98. The van der Waals surface area contributed by atoms with Crippen LogP contribution in [0.5, 0.6) is 0 Å². The molecule has 0 unspecified atom stereocenters. The standard InChI is InChI=1S/C19H11N/c1-2-5-15-12(4-1)8-13-9-14-10-19-16(6-3-7-20-19)18(14)11-17(13)15/h1-11H. The number of rotatable bonds is 0. The van der Waals surface area contributed by atoms with Crippen molar-refractivity contribution in [3.05, 3.63) is 86.9 Å². The minimum atomic E-state index is 1.08. The fraction of sp³-hybridized carbons (Fsp3) is 0. The smallest absolute Gasteiger partial charge is 0.0714 e. The van der Waals surface area contributed by atoms with Crippen LogP contribution in [-0.2, 0) is 0 Å². The van der Waals surface area contributed by atoms with Crippen molar-refractivity contribution >= 4 is 12.2 Å². The number of benzene rings is 2. The van der Waals surface area contributed by atoms with Gasteiger partial charge in [-0.25, -0.2) is 0 Å². The molecule has 1 nitrogen and oxygen atoms in total. The van der Waals surface area contributed by atoms with E-state index in [1.54, 1.807) is 0 Å². The molecule has 2 aliphatic carbocycles. The highest BCUT2D eigenvalue weighted by Crippen LogP contribution is 2.26. The van der Waals surface area contributed by atoms with E-state index in [1.807, 2.05) is 12.3 Å². The van der Waals surface area contributed by atoms with Crippen molar-refractivity contribution in [3.63, 3.8) is 0 Å². The molecule has 0 atom stereocenters. The summed E-state index contributed by atoms with van der Waals surface area (Å²) in [4.78, 5) is 4.46. The van der Waals surface area contributed by atoms with Gasteiger partial charge in [-0.1, -0.05) is 30.3 Å². The van der Waals surface area contributed by atoms with Crippen LogP contribution in [0.2, 0.25) is 0 Å². The fourth-order valence-corrected chi connectivity index (χ4v) is 3.28. The third-order valence-corrected chi connectivity index (χ3v) is 4.20. The van der Waals surface area contributed by atoms with Crippen LogP contribution in [0.1, 0.15) is 11.3 Å². The highest BCUT2D eigenvalue weighted by molar-refractivity contribution is 5.82. The molecular weight excluding hydrogens is 242 g/mol. The summed E-state index contributed by atoms with van der Waals surface area (Å²) < 4.78 is 0. The lowest BCUT2D eigenvalue weighted by molar-refractivity contribution is 1.31. The molecule has 0 spiro atoms. The second kappa shape index (κ2) is 3.45. The van der Waals surface area contributed by atoms with Crippen molar-refractivity contribution in [1.29, 1.82) is 0 Å². The molecule has 92 valence electrons. The summed E-state index contributed by atoms with van der Waals surface area (Å²) in [7, 11) is 0. The molecule has 0 N–H and O–H groups in total. The van der Waals surface area contributed by atoms with Crippen LogP contribution < -0.4 is 10.4 Å². The van der Waals surface area contributed by atoms with Gasteiger partial charge in [0.15, 0.2) is 0 Å². The van der Waals surface area contributed by atoms with E-state index >= 15 is 0 Å². The number of nitrogens with zero attached hydrogens (tertiary/aromatic N) is 1. The topological polar surface area (TPSA) is 12.9 Å². The van der Waals surface area contributed by atoms with Gasteiger partial charge in [-0.15, -0.1) is 0 Å². The highest BCUT2D eigenvalue weighted by Gasteiger charge is 2.14. The molecule has 0 bridgehead atoms. The molecule has 3 aromatic rings. The molecule has 0 amide bonds. The maximum Gasteiger partial charge on any atom is 0.0714 e. The summed E-state index contributed by atoms with van der Waals surface area (Å²) in [5.41, 5.74) is 4.94. The van der Waals surface area contributed by atoms with Gasteiger partial charge < -0.3 is 0 Å². The van der Waals surface area contributed by atoms with Crippen LogP contribution in [0.15, 0.2) is 54.7 Å². The molecule has 20 heavy (non-hydrogen) atoms. The van der Waals surface area contributed by atoms with Gasteiger partial charge in [0.1, 0.15) is 0 Å². The van der Waals surface area contributed by atoms with Gasteiger partial charge in [-0.05, 0) is 62.4 Å². The van der Waals surface area contributed by atoms with Gasteiger partial charge in [-0.3, -0.25) is 4.98 Å². The van der Waals surface area contributed by atoms with E-state index in [0.29, 0.717) is 0 Å². The van der Waals surface area contributed by atoms with Gasteiger partial charge in [0, 0.05) is 11.8 Å². The van der Waals surface area contributed by atoms with Gasteiger partial charge in [0.25, 0.3) is 0 Å². The number of hydrogen-bond acceptors (Lipinski definition) is 1. The maximum atomic E-state index is 4.46. The molecule has 2 aliphatic rings. The lowest BCUT2D eigenvalue weighted by atomic mass is 10.0. The summed E-state index contributed by atoms with van der Waals surface area (Å²) in [6.07, 6.45) is 6.31. The van der Waals surface area contributed by atoms with Crippen molar-refractivity contribution in [3.8, 4) is 11.1 Å². The van der Waals surface area contributed by atoms with E-state index in [-0.39, 0.29) is 0 Å². The predicted molar refractivity (Wildman–Crippen MR) is 80.2 cm³/mol. The number of hydrogen-bond donors (Lipinski definition) is 0. The summed E-state index contributed by atoms with van der Waals surface area (Å²) in [6, 6.07) is 17.4. The Kier molecular flexibility index (Phi) is 1.75. The number of aromatic nitrogens is 1.